The Morgan fingerprint density at radius 2 is 1.64 bits per heavy atom. The average molecular weight is 400 g/mol. The molecule has 1 aliphatic rings. The highest BCUT2D eigenvalue weighted by atomic mass is 32.2. The van der Waals surface area contributed by atoms with Gasteiger partial charge in [0.1, 0.15) is 0 Å². The molecule has 1 saturated heterocycles. The van der Waals surface area contributed by atoms with Gasteiger partial charge in [0.25, 0.3) is 0 Å². The van der Waals surface area contributed by atoms with Crippen LogP contribution in [0.25, 0.3) is 0 Å². The summed E-state index contributed by atoms with van der Waals surface area (Å²) in [5.74, 6) is 0.686. The number of hydrogen-bond donors (Lipinski definition) is 0. The smallest absolute Gasteiger partial charge is 0.0791 e. The fourth-order valence-corrected chi connectivity index (χ4v) is 5.31. The molecule has 152 valence electrons. The van der Waals surface area contributed by atoms with Gasteiger partial charge in [0.2, 0.25) is 0 Å². The van der Waals surface area contributed by atoms with Crippen molar-refractivity contribution >= 4 is 21.1 Å². The van der Waals surface area contributed by atoms with Gasteiger partial charge in [0.05, 0.1) is 26.0 Å². The second-order valence-electron chi connectivity index (χ2n) is 8.06. The lowest BCUT2D eigenvalue weighted by atomic mass is 10.2. The lowest BCUT2D eigenvalue weighted by Crippen LogP contribution is -2.47. The van der Waals surface area contributed by atoms with Crippen LogP contribution in [0.1, 0.15) is 26.3 Å². The van der Waals surface area contributed by atoms with Crippen molar-refractivity contribution < 1.29 is 4.21 Å². The van der Waals surface area contributed by atoms with Crippen molar-refractivity contribution in [1.82, 2.24) is 4.90 Å². The molecule has 4 nitrogen and oxygen atoms in total. The zero-order valence-electron chi connectivity index (χ0n) is 17.6. The van der Waals surface area contributed by atoms with Crippen LogP contribution in [0.4, 0.5) is 11.4 Å². The summed E-state index contributed by atoms with van der Waals surface area (Å²) in [5, 5.41) is 0. The fraction of sp³-hybridized carbons (Fsp3) is 0.478. The zero-order chi connectivity index (χ0) is 20.1. The molecule has 28 heavy (non-hydrogen) atoms. The Morgan fingerprint density at radius 1 is 1.00 bits per heavy atom. The van der Waals surface area contributed by atoms with Gasteiger partial charge in [-0.15, -0.1) is 0 Å². The van der Waals surface area contributed by atoms with E-state index in [1.165, 1.54) is 5.56 Å². The standard InChI is InChI=1S/C23H33N3OS/c1-5-20-10-12-21(13-11-20)24-28(4,27)23-9-7-6-8-22(23)26-16-14-25(15-17-26)18-19(2)3/h6-13,19H,5,14-18H2,1-4H3. The minimum absolute atomic E-state index is 0.686. The first-order valence-corrected chi connectivity index (χ1v) is 12.2. The maximum absolute atomic E-state index is 13.6. The number of aryl methyl sites for hydroxylation is 1. The summed E-state index contributed by atoms with van der Waals surface area (Å²) in [7, 11) is -2.53. The van der Waals surface area contributed by atoms with Crippen LogP contribution >= 0.6 is 0 Å². The van der Waals surface area contributed by atoms with E-state index in [4.69, 9.17) is 0 Å². The number of para-hydroxylation sites is 1. The van der Waals surface area contributed by atoms with Crippen LogP contribution in [0.15, 0.2) is 57.8 Å². The molecule has 0 radical (unpaired) electrons. The monoisotopic (exact) mass is 399 g/mol. The first kappa shape index (κ1) is 20.9. The molecular formula is C23H33N3OS. The fourth-order valence-electron chi connectivity index (χ4n) is 3.77. The van der Waals surface area contributed by atoms with Crippen LogP contribution in [0.3, 0.4) is 0 Å². The molecule has 1 atom stereocenters. The topological polar surface area (TPSA) is 35.9 Å². The van der Waals surface area contributed by atoms with E-state index < -0.39 is 9.73 Å². The van der Waals surface area contributed by atoms with Gasteiger partial charge in [-0.3, -0.25) is 4.90 Å². The van der Waals surface area contributed by atoms with Crippen LogP contribution in [0, 0.1) is 5.92 Å². The molecule has 1 heterocycles. The third-order valence-corrected chi connectivity index (χ3v) is 6.95. The van der Waals surface area contributed by atoms with Crippen LogP contribution in [-0.4, -0.2) is 48.1 Å². The van der Waals surface area contributed by atoms with Gasteiger partial charge in [-0.25, -0.2) is 4.21 Å². The zero-order valence-corrected chi connectivity index (χ0v) is 18.4. The largest absolute Gasteiger partial charge is 0.368 e. The van der Waals surface area contributed by atoms with E-state index in [9.17, 15) is 4.21 Å². The summed E-state index contributed by atoms with van der Waals surface area (Å²) in [6, 6.07) is 16.1. The van der Waals surface area contributed by atoms with E-state index in [1.807, 2.05) is 30.3 Å². The first-order valence-electron chi connectivity index (χ1n) is 10.3. The Hall–Kier alpha value is -1.85. The summed E-state index contributed by atoms with van der Waals surface area (Å²) in [6.45, 7) is 11.8. The SMILES string of the molecule is CCc1ccc(N=S(C)(=O)c2ccccc2N2CCN(CC(C)C)CC2)cc1. The second kappa shape index (κ2) is 9.10. The average Bonchev–Trinajstić information content (AvgIpc) is 2.68. The number of rotatable bonds is 6. The molecule has 3 rings (SSSR count). The quantitative estimate of drug-likeness (QED) is 0.699. The van der Waals surface area contributed by atoms with E-state index in [2.05, 4.69) is 53.1 Å². The molecule has 0 aromatic heterocycles. The van der Waals surface area contributed by atoms with Crippen molar-refractivity contribution in [3.63, 3.8) is 0 Å². The summed E-state index contributed by atoms with van der Waals surface area (Å²) >= 11 is 0. The van der Waals surface area contributed by atoms with Crippen LogP contribution in [0.2, 0.25) is 0 Å². The van der Waals surface area contributed by atoms with Gasteiger partial charge in [-0.1, -0.05) is 45.0 Å². The third kappa shape index (κ3) is 5.15. The van der Waals surface area contributed by atoms with Crippen molar-refractivity contribution in [2.45, 2.75) is 32.1 Å². The van der Waals surface area contributed by atoms with Crippen molar-refractivity contribution in [3.05, 3.63) is 54.1 Å². The Labute approximate surface area is 170 Å². The lowest BCUT2D eigenvalue weighted by Gasteiger charge is -2.37. The number of piperazine rings is 1. The summed E-state index contributed by atoms with van der Waals surface area (Å²) in [6.07, 6.45) is 2.75. The van der Waals surface area contributed by atoms with Gasteiger partial charge in [-0.05, 0) is 42.2 Å². The van der Waals surface area contributed by atoms with Crippen molar-refractivity contribution in [2.75, 3.05) is 43.9 Å². The lowest BCUT2D eigenvalue weighted by molar-refractivity contribution is 0.231. The van der Waals surface area contributed by atoms with Gasteiger partial charge in [0.15, 0.2) is 0 Å². The van der Waals surface area contributed by atoms with Crippen LogP contribution < -0.4 is 4.90 Å². The van der Waals surface area contributed by atoms with E-state index in [0.29, 0.717) is 5.92 Å². The molecule has 0 spiro atoms. The highest BCUT2D eigenvalue weighted by Crippen LogP contribution is 2.29. The molecule has 1 unspecified atom stereocenters. The molecule has 1 aliphatic heterocycles. The Bertz CT molecular complexity index is 890. The molecular weight excluding hydrogens is 366 g/mol. The second-order valence-corrected chi connectivity index (χ2v) is 10.3. The molecule has 0 bridgehead atoms. The number of benzene rings is 2. The predicted octanol–water partition coefficient (Wildman–Crippen LogP) is 4.82. The Balaban J connectivity index is 1.85. The maximum atomic E-state index is 13.6. The summed E-state index contributed by atoms with van der Waals surface area (Å²) in [5.41, 5.74) is 3.11. The molecule has 0 saturated carbocycles. The Kier molecular flexibility index (Phi) is 6.78. The number of nitrogens with zero attached hydrogens (tertiary/aromatic N) is 3. The summed E-state index contributed by atoms with van der Waals surface area (Å²) < 4.78 is 18.2. The Morgan fingerprint density at radius 3 is 2.25 bits per heavy atom. The van der Waals surface area contributed by atoms with Crippen molar-refractivity contribution in [2.24, 2.45) is 10.3 Å². The van der Waals surface area contributed by atoms with E-state index in [1.54, 1.807) is 6.26 Å². The van der Waals surface area contributed by atoms with E-state index in [0.717, 1.165) is 55.4 Å². The minimum atomic E-state index is -2.53. The first-order chi connectivity index (χ1) is 13.4. The minimum Gasteiger partial charge on any atom is -0.368 e. The molecule has 0 N–H and O–H groups in total. The van der Waals surface area contributed by atoms with E-state index >= 15 is 0 Å². The van der Waals surface area contributed by atoms with Crippen LogP contribution in [0.5, 0.6) is 0 Å². The van der Waals surface area contributed by atoms with Gasteiger partial charge in [-0.2, -0.15) is 4.36 Å². The predicted molar refractivity (Wildman–Crippen MR) is 120 cm³/mol. The van der Waals surface area contributed by atoms with Gasteiger partial charge in [0, 0.05) is 39.0 Å². The summed E-state index contributed by atoms with van der Waals surface area (Å²) in [4.78, 5) is 5.73. The molecule has 2 aromatic carbocycles. The molecule has 5 heteroatoms. The van der Waals surface area contributed by atoms with Gasteiger partial charge < -0.3 is 4.90 Å². The van der Waals surface area contributed by atoms with Crippen LogP contribution in [-0.2, 0) is 16.1 Å². The molecule has 2 aromatic rings. The van der Waals surface area contributed by atoms with Crippen molar-refractivity contribution in [1.29, 1.82) is 0 Å². The normalized spacial score (nSPS) is 17.5. The molecule has 0 amide bonds. The van der Waals surface area contributed by atoms with Gasteiger partial charge >= 0.3 is 0 Å². The maximum Gasteiger partial charge on any atom is 0.0791 e. The number of hydrogen-bond acceptors (Lipinski definition) is 4. The highest BCUT2D eigenvalue weighted by Gasteiger charge is 2.22. The molecule has 0 aliphatic carbocycles. The van der Waals surface area contributed by atoms with E-state index in [-0.39, 0.29) is 0 Å². The third-order valence-electron chi connectivity index (χ3n) is 5.23. The highest BCUT2D eigenvalue weighted by molar-refractivity contribution is 7.93. The number of anilines is 1. The molecule has 1 fully saturated rings. The van der Waals surface area contributed by atoms with Crippen molar-refractivity contribution in [3.8, 4) is 0 Å².